The molecular formula is C20H25ClN2O3S. The van der Waals surface area contributed by atoms with Crippen LogP contribution in [0.1, 0.15) is 46.5 Å². The number of benzene rings is 2. The fourth-order valence-electron chi connectivity index (χ4n) is 2.87. The lowest BCUT2D eigenvalue weighted by atomic mass is 10.0. The van der Waals surface area contributed by atoms with Crippen LogP contribution in [0.2, 0.25) is 5.02 Å². The summed E-state index contributed by atoms with van der Waals surface area (Å²) in [6.45, 7) is 11.0. The van der Waals surface area contributed by atoms with Crippen molar-refractivity contribution in [2.75, 3.05) is 4.72 Å². The summed E-state index contributed by atoms with van der Waals surface area (Å²) in [6, 6.07) is 6.45. The summed E-state index contributed by atoms with van der Waals surface area (Å²) < 4.78 is 28.7. The van der Waals surface area contributed by atoms with Gasteiger partial charge in [0.15, 0.2) is 0 Å². The number of hydrogen-bond donors (Lipinski definition) is 2. The Morgan fingerprint density at radius 3 is 2.07 bits per heavy atom. The molecule has 0 radical (unpaired) electrons. The third-order valence-corrected chi connectivity index (χ3v) is 6.43. The van der Waals surface area contributed by atoms with Gasteiger partial charge in [0, 0.05) is 11.6 Å². The van der Waals surface area contributed by atoms with Gasteiger partial charge in [0.2, 0.25) is 0 Å². The van der Waals surface area contributed by atoms with E-state index < -0.39 is 10.0 Å². The smallest absolute Gasteiger partial charge is 0.262 e. The van der Waals surface area contributed by atoms with Crippen molar-refractivity contribution >= 4 is 33.2 Å². The number of halogens is 1. The van der Waals surface area contributed by atoms with Crippen molar-refractivity contribution in [2.24, 2.45) is 0 Å². The molecule has 1 amide bonds. The first-order valence-corrected chi connectivity index (χ1v) is 10.5. The van der Waals surface area contributed by atoms with Crippen LogP contribution in [0, 0.1) is 27.7 Å². The van der Waals surface area contributed by atoms with E-state index in [1.165, 1.54) is 12.1 Å². The Hall–Kier alpha value is -2.05. The highest BCUT2D eigenvalue weighted by Crippen LogP contribution is 2.30. The molecule has 0 bridgehead atoms. The number of hydrogen-bond acceptors (Lipinski definition) is 3. The molecule has 0 atom stereocenters. The van der Waals surface area contributed by atoms with Crippen LogP contribution in [0.5, 0.6) is 0 Å². The number of nitrogens with one attached hydrogen (secondary N) is 2. The maximum absolute atomic E-state index is 13.1. The van der Waals surface area contributed by atoms with Crippen molar-refractivity contribution in [3.8, 4) is 0 Å². The van der Waals surface area contributed by atoms with E-state index in [4.69, 9.17) is 11.6 Å². The SMILES string of the molecule is Cc1cc(C)c(C)c(S(=O)(=O)Nc2cc(C(=O)NC(C)C)ccc2Cl)c1C. The largest absolute Gasteiger partial charge is 0.350 e. The predicted octanol–water partition coefficient (Wildman–Crippen LogP) is 4.51. The second-order valence-corrected chi connectivity index (χ2v) is 9.04. The fraction of sp³-hybridized carbons (Fsp3) is 0.350. The number of rotatable bonds is 5. The molecule has 0 saturated carbocycles. The maximum atomic E-state index is 13.1. The van der Waals surface area contributed by atoms with Crippen molar-refractivity contribution in [3.63, 3.8) is 0 Å². The Bertz CT molecular complexity index is 973. The molecule has 7 heteroatoms. The van der Waals surface area contributed by atoms with Crippen molar-refractivity contribution in [1.29, 1.82) is 0 Å². The van der Waals surface area contributed by atoms with Crippen molar-refractivity contribution in [3.05, 3.63) is 57.1 Å². The minimum atomic E-state index is -3.87. The molecule has 0 spiro atoms. The average Bonchev–Trinajstić information content (AvgIpc) is 2.54. The lowest BCUT2D eigenvalue weighted by Gasteiger charge is -2.18. The van der Waals surface area contributed by atoms with E-state index >= 15 is 0 Å². The lowest BCUT2D eigenvalue weighted by molar-refractivity contribution is 0.0943. The molecule has 0 fully saturated rings. The zero-order chi connectivity index (χ0) is 20.5. The molecule has 27 heavy (non-hydrogen) atoms. The number of carbonyl (C=O) groups is 1. The number of aryl methyl sites for hydroxylation is 2. The molecule has 0 heterocycles. The highest BCUT2D eigenvalue weighted by atomic mass is 35.5. The number of amides is 1. The number of anilines is 1. The number of sulfonamides is 1. The van der Waals surface area contributed by atoms with Gasteiger partial charge in [-0.1, -0.05) is 17.7 Å². The monoisotopic (exact) mass is 408 g/mol. The summed E-state index contributed by atoms with van der Waals surface area (Å²) in [5.74, 6) is -0.291. The molecule has 0 aliphatic heterocycles. The van der Waals surface area contributed by atoms with E-state index in [-0.39, 0.29) is 27.6 Å². The standard InChI is InChI=1S/C20H25ClN2O3S/c1-11(2)22-20(24)16-7-8-17(21)18(10-16)23-27(25,26)19-14(5)12(3)9-13(4)15(19)6/h7-11,23H,1-6H3,(H,22,24). The maximum Gasteiger partial charge on any atom is 0.262 e. The molecule has 2 N–H and O–H groups in total. The summed E-state index contributed by atoms with van der Waals surface area (Å²) in [7, 11) is -3.87. The third-order valence-electron chi connectivity index (χ3n) is 4.46. The van der Waals surface area contributed by atoms with Gasteiger partial charge in [0.05, 0.1) is 15.6 Å². The van der Waals surface area contributed by atoms with E-state index in [2.05, 4.69) is 10.0 Å². The Labute approximate surface area is 166 Å². The zero-order valence-electron chi connectivity index (χ0n) is 16.4. The van der Waals surface area contributed by atoms with Crippen LogP contribution in [0.25, 0.3) is 0 Å². The number of carbonyl (C=O) groups excluding carboxylic acids is 1. The van der Waals surface area contributed by atoms with Crippen molar-refractivity contribution in [1.82, 2.24) is 5.32 Å². The first-order chi connectivity index (χ1) is 12.4. The van der Waals surface area contributed by atoms with Gasteiger partial charge in [-0.15, -0.1) is 0 Å². The molecule has 0 saturated heterocycles. The van der Waals surface area contributed by atoms with Crippen LogP contribution < -0.4 is 10.0 Å². The van der Waals surface area contributed by atoms with Gasteiger partial charge in [-0.25, -0.2) is 8.42 Å². The summed E-state index contributed by atoms with van der Waals surface area (Å²) in [6.07, 6.45) is 0. The van der Waals surface area contributed by atoms with Crippen LogP contribution in [0.3, 0.4) is 0 Å². The highest BCUT2D eigenvalue weighted by molar-refractivity contribution is 7.92. The first-order valence-electron chi connectivity index (χ1n) is 8.64. The summed E-state index contributed by atoms with van der Waals surface area (Å²) in [4.78, 5) is 12.5. The molecular weight excluding hydrogens is 384 g/mol. The minimum Gasteiger partial charge on any atom is -0.350 e. The molecule has 2 aromatic rings. The summed E-state index contributed by atoms with van der Waals surface area (Å²) in [5.41, 5.74) is 3.68. The Morgan fingerprint density at radius 1 is 1.00 bits per heavy atom. The normalized spacial score (nSPS) is 11.6. The van der Waals surface area contributed by atoms with Gasteiger partial charge < -0.3 is 5.32 Å². The molecule has 0 aliphatic rings. The van der Waals surface area contributed by atoms with Crippen LogP contribution in [0.4, 0.5) is 5.69 Å². The second-order valence-electron chi connectivity index (χ2n) is 7.02. The van der Waals surface area contributed by atoms with E-state index in [1.54, 1.807) is 19.9 Å². The molecule has 0 aromatic heterocycles. The second kappa shape index (κ2) is 7.90. The summed E-state index contributed by atoms with van der Waals surface area (Å²) >= 11 is 6.18. The zero-order valence-corrected chi connectivity index (χ0v) is 18.0. The van der Waals surface area contributed by atoms with Gasteiger partial charge >= 0.3 is 0 Å². The topological polar surface area (TPSA) is 75.3 Å². The highest BCUT2D eigenvalue weighted by Gasteiger charge is 2.23. The van der Waals surface area contributed by atoms with Gasteiger partial charge in [0.25, 0.3) is 15.9 Å². The molecule has 146 valence electrons. The Morgan fingerprint density at radius 2 is 1.56 bits per heavy atom. The van der Waals surface area contributed by atoms with E-state index in [0.29, 0.717) is 16.7 Å². The van der Waals surface area contributed by atoms with E-state index in [9.17, 15) is 13.2 Å². The van der Waals surface area contributed by atoms with Gasteiger partial charge in [-0.05, 0) is 82.0 Å². The minimum absolute atomic E-state index is 0.0334. The third kappa shape index (κ3) is 4.62. The Kier molecular flexibility index (Phi) is 6.22. The van der Waals surface area contributed by atoms with Gasteiger partial charge in [0.1, 0.15) is 0 Å². The van der Waals surface area contributed by atoms with Crippen LogP contribution in [0.15, 0.2) is 29.2 Å². The van der Waals surface area contributed by atoms with Crippen LogP contribution in [-0.2, 0) is 10.0 Å². The Balaban J connectivity index is 2.49. The van der Waals surface area contributed by atoms with Crippen molar-refractivity contribution in [2.45, 2.75) is 52.5 Å². The van der Waals surface area contributed by atoms with Gasteiger partial charge in [-0.2, -0.15) is 0 Å². The fourth-order valence-corrected chi connectivity index (χ4v) is 4.78. The van der Waals surface area contributed by atoms with Crippen molar-refractivity contribution < 1.29 is 13.2 Å². The quantitative estimate of drug-likeness (QED) is 0.764. The van der Waals surface area contributed by atoms with Crippen LogP contribution >= 0.6 is 11.6 Å². The van der Waals surface area contributed by atoms with Gasteiger partial charge in [-0.3, -0.25) is 9.52 Å². The lowest BCUT2D eigenvalue weighted by Crippen LogP contribution is -2.30. The first kappa shape index (κ1) is 21.3. The van der Waals surface area contributed by atoms with Crippen LogP contribution in [-0.4, -0.2) is 20.4 Å². The molecule has 2 rings (SSSR count). The molecule has 0 unspecified atom stereocenters. The van der Waals surface area contributed by atoms with E-state index in [1.807, 2.05) is 33.8 Å². The predicted molar refractivity (Wildman–Crippen MR) is 110 cm³/mol. The molecule has 0 aliphatic carbocycles. The molecule has 2 aromatic carbocycles. The molecule has 5 nitrogen and oxygen atoms in total. The average molecular weight is 409 g/mol. The van der Waals surface area contributed by atoms with E-state index in [0.717, 1.165) is 11.1 Å². The summed E-state index contributed by atoms with van der Waals surface area (Å²) in [5, 5.41) is 3.00.